The molecule has 0 radical (unpaired) electrons. The number of aromatic nitrogens is 3. The van der Waals surface area contributed by atoms with Gasteiger partial charge in [0.25, 0.3) is 5.91 Å². The maximum Gasteiger partial charge on any atom is 0.341 e. The topological polar surface area (TPSA) is 95.3 Å². The Morgan fingerprint density at radius 3 is 2.77 bits per heavy atom. The van der Waals surface area contributed by atoms with Crippen LogP contribution in [0.3, 0.4) is 0 Å². The van der Waals surface area contributed by atoms with Crippen LogP contribution in [0.5, 0.6) is 0 Å². The highest BCUT2D eigenvalue weighted by molar-refractivity contribution is 7.17. The molecule has 162 valence electrons. The molecule has 0 spiro atoms. The minimum atomic E-state index is -0.435. The van der Waals surface area contributed by atoms with Crippen LogP contribution < -0.4 is 5.32 Å². The number of nitrogens with one attached hydrogen (secondary N) is 1. The van der Waals surface area contributed by atoms with Crippen molar-refractivity contribution in [2.24, 2.45) is 0 Å². The maximum absolute atomic E-state index is 13.2. The van der Waals surface area contributed by atoms with Gasteiger partial charge in [-0.05, 0) is 55.9 Å². The Morgan fingerprint density at radius 1 is 1.23 bits per heavy atom. The maximum atomic E-state index is 13.2. The molecular weight excluding hydrogens is 416 g/mol. The number of ether oxygens (including phenoxy) is 2. The average Bonchev–Trinajstić information content (AvgIpc) is 3.34. The number of hydrogen-bond acceptors (Lipinski definition) is 7. The summed E-state index contributed by atoms with van der Waals surface area (Å²) in [4.78, 5) is 26.8. The van der Waals surface area contributed by atoms with E-state index in [4.69, 9.17) is 9.47 Å². The number of hydrogen-bond donors (Lipinski definition) is 1. The van der Waals surface area contributed by atoms with Gasteiger partial charge >= 0.3 is 5.97 Å². The van der Waals surface area contributed by atoms with Crippen LogP contribution in [0.4, 0.5) is 5.00 Å². The highest BCUT2D eigenvalue weighted by Crippen LogP contribution is 2.38. The van der Waals surface area contributed by atoms with Gasteiger partial charge in [-0.25, -0.2) is 9.48 Å². The van der Waals surface area contributed by atoms with Crippen molar-refractivity contribution in [3.63, 3.8) is 0 Å². The summed E-state index contributed by atoms with van der Waals surface area (Å²) in [5, 5.41) is 11.7. The summed E-state index contributed by atoms with van der Waals surface area (Å²) < 4.78 is 11.9. The van der Waals surface area contributed by atoms with Gasteiger partial charge in [0.1, 0.15) is 10.7 Å². The largest absolute Gasteiger partial charge is 0.465 e. The summed E-state index contributed by atoms with van der Waals surface area (Å²) in [6.07, 6.45) is 3.80. The molecule has 1 N–H and O–H groups in total. The number of carbonyl (C=O) groups is 2. The highest BCUT2D eigenvalue weighted by atomic mass is 32.1. The number of fused-ring (bicyclic) bond motifs is 1. The summed E-state index contributed by atoms with van der Waals surface area (Å²) in [6.45, 7) is 2.14. The molecule has 4 rings (SSSR count). The molecule has 2 aromatic heterocycles. The van der Waals surface area contributed by atoms with Crippen molar-refractivity contribution in [3.8, 4) is 5.69 Å². The van der Waals surface area contributed by atoms with E-state index in [0.717, 1.165) is 47.4 Å². The van der Waals surface area contributed by atoms with Crippen molar-refractivity contribution in [1.29, 1.82) is 0 Å². The number of thiophene rings is 1. The standard InChI is InChI=1S/C22H24N4O4S/c1-13-7-6-8-14(11-13)26-16(12-29-2)19(24-25-26)20(27)23-21-18(22(28)30-3)15-9-4-5-10-17(15)31-21/h6-8,11H,4-5,9-10,12H2,1-3H3,(H,23,27). The van der Waals surface area contributed by atoms with Crippen molar-refractivity contribution in [3.05, 3.63) is 57.2 Å². The molecule has 31 heavy (non-hydrogen) atoms. The lowest BCUT2D eigenvalue weighted by molar-refractivity contribution is 0.0601. The van der Waals surface area contributed by atoms with Gasteiger partial charge < -0.3 is 14.8 Å². The molecule has 3 aromatic rings. The molecule has 1 amide bonds. The van der Waals surface area contributed by atoms with Crippen LogP contribution in [0.1, 0.15) is 55.4 Å². The van der Waals surface area contributed by atoms with Crippen molar-refractivity contribution in [1.82, 2.24) is 15.0 Å². The third-order valence-corrected chi connectivity index (χ3v) is 6.50. The van der Waals surface area contributed by atoms with Crippen molar-refractivity contribution < 1.29 is 19.1 Å². The number of amides is 1. The number of aryl methyl sites for hydroxylation is 2. The second kappa shape index (κ2) is 8.99. The van der Waals surface area contributed by atoms with Crippen LogP contribution in [0, 0.1) is 6.92 Å². The van der Waals surface area contributed by atoms with Crippen LogP contribution in [-0.4, -0.2) is 41.1 Å². The Kier molecular flexibility index (Phi) is 6.15. The molecule has 1 aliphatic rings. The van der Waals surface area contributed by atoms with Gasteiger partial charge in [0.2, 0.25) is 0 Å². The van der Waals surface area contributed by atoms with Gasteiger partial charge in [-0.3, -0.25) is 4.79 Å². The smallest absolute Gasteiger partial charge is 0.341 e. The van der Waals surface area contributed by atoms with E-state index in [0.29, 0.717) is 16.3 Å². The van der Waals surface area contributed by atoms with Crippen molar-refractivity contribution in [2.75, 3.05) is 19.5 Å². The molecule has 0 saturated carbocycles. The summed E-state index contributed by atoms with van der Waals surface area (Å²) in [5.74, 6) is -0.870. The van der Waals surface area contributed by atoms with Crippen LogP contribution >= 0.6 is 11.3 Å². The summed E-state index contributed by atoms with van der Waals surface area (Å²) in [5.41, 5.74) is 3.99. The molecular formula is C22H24N4O4S. The van der Waals surface area contributed by atoms with Crippen LogP contribution in [0.15, 0.2) is 24.3 Å². The third kappa shape index (κ3) is 4.11. The Morgan fingerprint density at radius 2 is 2.03 bits per heavy atom. The van der Waals surface area contributed by atoms with E-state index in [2.05, 4.69) is 15.6 Å². The number of rotatable bonds is 6. The van der Waals surface area contributed by atoms with Gasteiger partial charge in [0, 0.05) is 12.0 Å². The van der Waals surface area contributed by atoms with Crippen molar-refractivity contribution in [2.45, 2.75) is 39.2 Å². The van der Waals surface area contributed by atoms with Gasteiger partial charge in [-0.1, -0.05) is 17.3 Å². The fourth-order valence-electron chi connectivity index (χ4n) is 3.85. The average molecular weight is 441 g/mol. The second-order valence-corrected chi connectivity index (χ2v) is 8.53. The minimum Gasteiger partial charge on any atom is -0.465 e. The normalized spacial score (nSPS) is 13.0. The van der Waals surface area contributed by atoms with Crippen LogP contribution in [0.2, 0.25) is 0 Å². The first-order chi connectivity index (χ1) is 15.0. The minimum absolute atomic E-state index is 0.158. The first kappa shape index (κ1) is 21.2. The van der Waals surface area contributed by atoms with Gasteiger partial charge in [0.05, 0.1) is 25.0 Å². The number of methoxy groups -OCH3 is 2. The summed E-state index contributed by atoms with van der Waals surface area (Å²) in [6, 6.07) is 7.75. The predicted octanol–water partition coefficient (Wildman–Crippen LogP) is 3.70. The fraction of sp³-hybridized carbons (Fsp3) is 0.364. The van der Waals surface area contributed by atoms with Gasteiger partial charge in [-0.15, -0.1) is 16.4 Å². The van der Waals surface area contributed by atoms with E-state index in [1.807, 2.05) is 31.2 Å². The van der Waals surface area contributed by atoms with E-state index in [-0.39, 0.29) is 12.3 Å². The highest BCUT2D eigenvalue weighted by Gasteiger charge is 2.29. The molecule has 8 nitrogen and oxygen atoms in total. The molecule has 9 heteroatoms. The Hall–Kier alpha value is -3.04. The predicted molar refractivity (Wildman–Crippen MR) is 117 cm³/mol. The molecule has 0 bridgehead atoms. The molecule has 0 saturated heterocycles. The Balaban J connectivity index is 1.70. The van der Waals surface area contributed by atoms with Crippen LogP contribution in [0.25, 0.3) is 5.69 Å². The second-order valence-electron chi connectivity index (χ2n) is 7.43. The first-order valence-electron chi connectivity index (χ1n) is 10.1. The molecule has 1 aliphatic carbocycles. The first-order valence-corrected chi connectivity index (χ1v) is 10.9. The quantitative estimate of drug-likeness (QED) is 0.587. The SMILES string of the molecule is COCc1c(C(=O)Nc2sc3c(c2C(=O)OC)CCCC3)nnn1-c1cccc(C)c1. The lowest BCUT2D eigenvalue weighted by atomic mass is 9.95. The number of nitrogens with zero attached hydrogens (tertiary/aromatic N) is 3. The Bertz CT molecular complexity index is 1130. The molecule has 0 atom stereocenters. The number of anilines is 1. The Labute approximate surface area is 184 Å². The summed E-state index contributed by atoms with van der Waals surface area (Å²) >= 11 is 1.43. The molecule has 0 fully saturated rings. The lowest BCUT2D eigenvalue weighted by Crippen LogP contribution is -2.17. The van der Waals surface area contributed by atoms with Crippen molar-refractivity contribution >= 4 is 28.2 Å². The van der Waals surface area contributed by atoms with E-state index in [1.54, 1.807) is 11.8 Å². The zero-order chi connectivity index (χ0) is 22.0. The summed E-state index contributed by atoms with van der Waals surface area (Å²) in [7, 11) is 2.91. The van der Waals surface area contributed by atoms with E-state index < -0.39 is 11.9 Å². The zero-order valence-corrected chi connectivity index (χ0v) is 18.5. The molecule has 2 heterocycles. The van der Waals surface area contributed by atoms with E-state index >= 15 is 0 Å². The van der Waals surface area contributed by atoms with Crippen LogP contribution in [-0.2, 0) is 28.9 Å². The zero-order valence-electron chi connectivity index (χ0n) is 17.7. The number of carbonyl (C=O) groups excluding carboxylic acids is 2. The monoisotopic (exact) mass is 440 g/mol. The molecule has 0 unspecified atom stereocenters. The van der Waals surface area contributed by atoms with Gasteiger partial charge in [-0.2, -0.15) is 0 Å². The number of esters is 1. The lowest BCUT2D eigenvalue weighted by Gasteiger charge is -2.11. The fourth-order valence-corrected chi connectivity index (χ4v) is 5.12. The molecule has 0 aliphatic heterocycles. The van der Waals surface area contributed by atoms with E-state index in [1.165, 1.54) is 18.4 Å². The number of benzene rings is 1. The molecule has 1 aromatic carbocycles. The van der Waals surface area contributed by atoms with E-state index in [9.17, 15) is 9.59 Å². The van der Waals surface area contributed by atoms with Gasteiger partial charge in [0.15, 0.2) is 5.69 Å². The third-order valence-electron chi connectivity index (χ3n) is 5.29.